The van der Waals surface area contributed by atoms with Crippen LogP contribution in [0.3, 0.4) is 0 Å². The van der Waals surface area contributed by atoms with Gasteiger partial charge in [0.25, 0.3) is 0 Å². The zero-order chi connectivity index (χ0) is 48.1. The Hall–Kier alpha value is -7.60. The highest BCUT2D eigenvalue weighted by molar-refractivity contribution is 5.97. The van der Waals surface area contributed by atoms with Crippen molar-refractivity contribution in [1.29, 1.82) is 5.41 Å². The predicted octanol–water partition coefficient (Wildman–Crippen LogP) is -1.98. The molecule has 352 valence electrons. The maximum atomic E-state index is 13.3. The van der Waals surface area contributed by atoms with E-state index in [1.807, 2.05) is 58.7 Å². The summed E-state index contributed by atoms with van der Waals surface area (Å²) in [7, 11) is 0. The van der Waals surface area contributed by atoms with Crippen LogP contribution in [0.15, 0.2) is 59.0 Å². The molecule has 1 aliphatic heterocycles. The van der Waals surface area contributed by atoms with E-state index in [0.717, 1.165) is 18.1 Å². The largest absolute Gasteiger partial charge is 0.550 e. The van der Waals surface area contributed by atoms with E-state index in [0.29, 0.717) is 48.9 Å². The average molecular weight is 913 g/mol. The number of aliphatic hydroxyl groups excluding tert-OH is 1. The van der Waals surface area contributed by atoms with E-state index in [4.69, 9.17) is 44.8 Å². The number of nitrogens with one attached hydrogen (secondary N) is 6. The Balaban J connectivity index is 0.00000269. The summed E-state index contributed by atoms with van der Waals surface area (Å²) in [5, 5.41) is 55.8. The van der Waals surface area contributed by atoms with Crippen LogP contribution >= 0.6 is 0 Å². The molecule has 1 fully saturated rings. The summed E-state index contributed by atoms with van der Waals surface area (Å²) < 4.78 is 23.2. The van der Waals surface area contributed by atoms with E-state index >= 15 is 0 Å². The maximum Gasteiger partial charge on any atom is 0.434 e. The minimum atomic E-state index is -1.79. The number of nitrogens with two attached hydrogens (primary N) is 1. The molecule has 1 saturated heterocycles. The molecule has 1 aliphatic rings. The standard InChI is InChI=1S/C39H48N8O14.C2H4O2/c1-2-25(45-39(40)41)34(37(55)42-19-30(50)43-26(17-32(51)52)36(54)44-27(20-48)38(56)57)46-29(49)11-12-33(53)60-21-59-28-18-31(47-13-15-58-16-14-47)61-35-23(9-6-10-24(28)35)22-7-4-3-5-8-22;1-2(3)4/h3-10,18,25-27,34,48H,2,11-17,19-21H2,1H3,(H9-,40,41,42,43,44,45,46,49,50,51,52,54,55,56,57);1H3,(H,3,4)/t25?,26-,27-,34-;/m0./s1. The molecular weight excluding hydrogens is 860 g/mol. The average Bonchev–Trinajstić information content (AvgIpc) is 3.27. The van der Waals surface area contributed by atoms with Crippen molar-refractivity contribution in [3.8, 4) is 16.9 Å². The molecule has 1 unspecified atom stereocenters. The number of aliphatic hydroxyl groups is 1. The Morgan fingerprint density at radius 1 is 0.908 bits per heavy atom. The molecule has 0 aliphatic carbocycles. The molecule has 24 heteroatoms. The number of nitrogens with zero attached hydrogens (tertiary/aromatic N) is 1. The molecule has 2 aromatic carbocycles. The first-order valence-corrected chi connectivity index (χ1v) is 20.0. The summed E-state index contributed by atoms with van der Waals surface area (Å²) in [5.74, 6) is -8.71. The second-order valence-corrected chi connectivity index (χ2v) is 14.0. The minimum absolute atomic E-state index is 0.127. The lowest BCUT2D eigenvalue weighted by Crippen LogP contribution is -2.60. The number of benzene rings is 2. The third kappa shape index (κ3) is 17.2. The number of morpholine rings is 1. The molecule has 24 nitrogen and oxygen atoms in total. The Bertz CT molecular complexity index is 2170. The Labute approximate surface area is 371 Å². The van der Waals surface area contributed by atoms with Gasteiger partial charge in [0.15, 0.2) is 11.7 Å². The molecule has 0 spiro atoms. The molecular formula is C41H52N8O16. The van der Waals surface area contributed by atoms with Gasteiger partial charge in [0, 0.05) is 25.5 Å². The van der Waals surface area contributed by atoms with Crippen LogP contribution in [0.5, 0.6) is 5.75 Å². The smallest absolute Gasteiger partial charge is 0.434 e. The third-order valence-corrected chi connectivity index (χ3v) is 9.17. The van der Waals surface area contributed by atoms with E-state index in [1.54, 1.807) is 13.0 Å². The van der Waals surface area contributed by atoms with E-state index in [9.17, 15) is 43.8 Å². The summed E-state index contributed by atoms with van der Waals surface area (Å²) in [6.45, 7) is 2.40. The number of aliphatic carboxylic acids is 3. The zero-order valence-corrected chi connectivity index (χ0v) is 35.5. The van der Waals surface area contributed by atoms with Crippen LogP contribution in [0, 0.1) is 5.41 Å². The number of carbonyl (C=O) groups excluding carboxylic acids is 6. The first-order chi connectivity index (χ1) is 30.9. The summed E-state index contributed by atoms with van der Waals surface area (Å²) in [5.41, 5.74) is 7.78. The van der Waals surface area contributed by atoms with E-state index < -0.39 is 117 Å². The van der Waals surface area contributed by atoms with Crippen molar-refractivity contribution in [2.75, 3.05) is 51.1 Å². The lowest BCUT2D eigenvalue weighted by atomic mass is 10.0. The molecule has 1 aromatic heterocycles. The second-order valence-electron chi connectivity index (χ2n) is 14.0. The van der Waals surface area contributed by atoms with Gasteiger partial charge < -0.3 is 71.7 Å². The van der Waals surface area contributed by atoms with Crippen molar-refractivity contribution in [1.82, 2.24) is 26.6 Å². The van der Waals surface area contributed by atoms with Gasteiger partial charge in [-0.3, -0.25) is 39.1 Å². The molecule has 0 saturated carbocycles. The van der Waals surface area contributed by atoms with Crippen LogP contribution in [-0.4, -0.2) is 139 Å². The lowest BCUT2D eigenvalue weighted by molar-refractivity contribution is -0.302. The van der Waals surface area contributed by atoms with Crippen LogP contribution in [-0.2, 0) is 47.8 Å². The van der Waals surface area contributed by atoms with Crippen LogP contribution in [0.2, 0.25) is 0 Å². The Kier molecular flexibility index (Phi) is 20.8. The molecule has 0 bridgehead atoms. The number of fused-ring (bicyclic) bond motifs is 1. The van der Waals surface area contributed by atoms with Crippen molar-refractivity contribution in [2.45, 2.75) is 63.7 Å². The van der Waals surface area contributed by atoms with E-state index in [-0.39, 0.29) is 6.42 Å². The molecule has 0 radical (unpaired) electrons. The molecule has 4 amide bonds. The van der Waals surface area contributed by atoms with Gasteiger partial charge in [-0.2, -0.15) is 4.42 Å². The fourth-order valence-electron chi connectivity index (χ4n) is 6.10. The van der Waals surface area contributed by atoms with Gasteiger partial charge >= 0.3 is 29.4 Å². The Morgan fingerprint density at radius 3 is 2.18 bits per heavy atom. The number of hydrogen-bond donors (Lipinski definition) is 10. The second kappa shape index (κ2) is 26.1. The number of anilines is 1. The first-order valence-electron chi connectivity index (χ1n) is 20.0. The highest BCUT2D eigenvalue weighted by Crippen LogP contribution is 2.38. The van der Waals surface area contributed by atoms with Crippen molar-refractivity contribution >= 4 is 70.3 Å². The number of carboxylic acids is 3. The summed E-state index contributed by atoms with van der Waals surface area (Å²) in [4.78, 5) is 97.7. The lowest BCUT2D eigenvalue weighted by Gasteiger charge is -2.27. The highest BCUT2D eigenvalue weighted by Gasteiger charge is 2.32. The first kappa shape index (κ1) is 51.7. The summed E-state index contributed by atoms with van der Waals surface area (Å²) in [6.07, 6.45) is -1.73. The van der Waals surface area contributed by atoms with Gasteiger partial charge in [-0.25, -0.2) is 4.79 Å². The number of rotatable bonds is 22. The molecule has 4 atom stereocenters. The molecule has 65 heavy (non-hydrogen) atoms. The van der Waals surface area contributed by atoms with Crippen molar-refractivity contribution in [3.63, 3.8) is 0 Å². The normalized spacial score (nSPS) is 13.8. The number of hydrogen-bond acceptors (Lipinski definition) is 15. The minimum Gasteiger partial charge on any atom is -0.550 e. The van der Waals surface area contributed by atoms with Crippen molar-refractivity contribution < 1.29 is 77.4 Å². The van der Waals surface area contributed by atoms with E-state index in [2.05, 4.69) is 21.3 Å². The van der Waals surface area contributed by atoms with Crippen LogP contribution < -0.4 is 47.1 Å². The fourth-order valence-corrected chi connectivity index (χ4v) is 6.10. The molecule has 2 heterocycles. The zero-order valence-electron chi connectivity index (χ0n) is 35.5. The van der Waals surface area contributed by atoms with Gasteiger partial charge in [-0.1, -0.05) is 43.3 Å². The monoisotopic (exact) mass is 912 g/mol. The quantitative estimate of drug-likeness (QED) is 0.0172. The molecule has 11 N–H and O–H groups in total. The topological polar surface area (TPSA) is 373 Å². The highest BCUT2D eigenvalue weighted by atomic mass is 16.7. The van der Waals surface area contributed by atoms with Crippen molar-refractivity contribution in [3.05, 3.63) is 54.6 Å². The van der Waals surface area contributed by atoms with E-state index in [1.165, 1.54) is 0 Å². The van der Waals surface area contributed by atoms with Crippen LogP contribution in [0.4, 0.5) is 5.88 Å². The van der Waals surface area contributed by atoms with Gasteiger partial charge in [-0.15, -0.1) is 0 Å². The van der Waals surface area contributed by atoms with Gasteiger partial charge in [-0.05, 0) is 31.0 Å². The molecule has 4 rings (SSSR count). The predicted molar refractivity (Wildman–Crippen MR) is 225 cm³/mol. The SMILES string of the molecule is CC(=O)[O-].CCC(NC(=N)N)[C@H](NC(=O)CCC(=O)OCOc1cc(N2CCOCC2)[o+]c2c(-c3ccccc3)cccc12)C(=O)NCC(=O)N[C@@H](CC(=O)O)C(=O)N[C@@H](CO)C(=O)O. The fraction of sp³-hybridized carbons (Fsp3) is 0.415. The van der Waals surface area contributed by atoms with Gasteiger partial charge in [0.1, 0.15) is 29.6 Å². The van der Waals surface area contributed by atoms with Crippen LogP contribution in [0.1, 0.15) is 39.5 Å². The Morgan fingerprint density at radius 2 is 1.58 bits per heavy atom. The number of carbonyl (C=O) groups is 8. The van der Waals surface area contributed by atoms with Crippen molar-refractivity contribution in [2.24, 2.45) is 5.73 Å². The molecule has 3 aromatic rings. The summed E-state index contributed by atoms with van der Waals surface area (Å²) in [6, 6.07) is 10.9. The number of para-hydroxylation sites is 1. The summed E-state index contributed by atoms with van der Waals surface area (Å²) >= 11 is 0. The number of guanidine groups is 1. The third-order valence-electron chi connectivity index (χ3n) is 9.17. The number of carboxylic acid groups (broad SMARTS) is 3. The van der Waals surface area contributed by atoms with Gasteiger partial charge in [0.2, 0.25) is 30.4 Å². The number of ether oxygens (including phenoxy) is 3. The number of amides is 4. The maximum absolute atomic E-state index is 13.3. The number of esters is 1. The van der Waals surface area contributed by atoms with Gasteiger partial charge in [0.05, 0.1) is 50.8 Å². The van der Waals surface area contributed by atoms with Crippen LogP contribution in [0.25, 0.3) is 22.1 Å².